The van der Waals surface area contributed by atoms with Crippen molar-refractivity contribution >= 4 is 11.8 Å². The standard InChI is InChI=1S/C24H25NO7/c1-29-16-5-3-15(4-6-16)18(13-21(27)30-2)22-19(26)8-7-17-23(28)20(32-24(17)22)14-25-9-11-31-12-10-25/h3-8,14,18,26H,9-13H2,1-2H3/b20-14-/t18-/m0/s1. The number of ketones is 1. The Labute approximate surface area is 185 Å². The van der Waals surface area contributed by atoms with E-state index in [1.165, 1.54) is 13.2 Å². The van der Waals surface area contributed by atoms with Crippen molar-refractivity contribution in [1.29, 1.82) is 0 Å². The van der Waals surface area contributed by atoms with Gasteiger partial charge in [0.25, 0.3) is 0 Å². The van der Waals surface area contributed by atoms with Crippen molar-refractivity contribution in [3.8, 4) is 17.2 Å². The molecular formula is C24H25NO7. The Morgan fingerprint density at radius 1 is 1.16 bits per heavy atom. The number of carbonyl (C=O) groups excluding carboxylic acids is 2. The summed E-state index contributed by atoms with van der Waals surface area (Å²) in [5.41, 5.74) is 1.47. The fourth-order valence-electron chi connectivity index (χ4n) is 3.93. The summed E-state index contributed by atoms with van der Waals surface area (Å²) in [6, 6.07) is 10.2. The van der Waals surface area contributed by atoms with Crippen LogP contribution in [0.25, 0.3) is 0 Å². The molecule has 0 saturated carbocycles. The van der Waals surface area contributed by atoms with Gasteiger partial charge in [-0.1, -0.05) is 12.1 Å². The summed E-state index contributed by atoms with van der Waals surface area (Å²) in [5, 5.41) is 10.8. The minimum atomic E-state index is -0.584. The van der Waals surface area contributed by atoms with Crippen LogP contribution >= 0.6 is 0 Å². The van der Waals surface area contributed by atoms with Crippen LogP contribution in [-0.2, 0) is 14.3 Å². The molecule has 0 radical (unpaired) electrons. The van der Waals surface area contributed by atoms with E-state index in [1.54, 1.807) is 31.5 Å². The molecule has 2 aromatic rings. The van der Waals surface area contributed by atoms with E-state index in [1.807, 2.05) is 17.0 Å². The highest BCUT2D eigenvalue weighted by Crippen LogP contribution is 2.46. The van der Waals surface area contributed by atoms with E-state index in [2.05, 4.69) is 0 Å². The molecule has 0 aliphatic carbocycles. The van der Waals surface area contributed by atoms with Gasteiger partial charge < -0.3 is 29.0 Å². The second-order valence-electron chi connectivity index (χ2n) is 7.55. The molecule has 168 valence electrons. The van der Waals surface area contributed by atoms with Crippen LogP contribution < -0.4 is 9.47 Å². The van der Waals surface area contributed by atoms with E-state index in [0.29, 0.717) is 43.2 Å². The Morgan fingerprint density at radius 2 is 1.88 bits per heavy atom. The van der Waals surface area contributed by atoms with Gasteiger partial charge in [0.05, 0.1) is 39.4 Å². The number of fused-ring (bicyclic) bond motifs is 1. The third kappa shape index (κ3) is 4.27. The van der Waals surface area contributed by atoms with Gasteiger partial charge in [-0.25, -0.2) is 0 Å². The molecule has 0 unspecified atom stereocenters. The van der Waals surface area contributed by atoms with Crippen LogP contribution in [0, 0.1) is 0 Å². The van der Waals surface area contributed by atoms with Gasteiger partial charge in [-0.05, 0) is 29.8 Å². The molecule has 0 amide bonds. The summed E-state index contributed by atoms with van der Waals surface area (Å²) in [4.78, 5) is 27.2. The largest absolute Gasteiger partial charge is 0.508 e. The molecule has 0 bridgehead atoms. The molecule has 4 rings (SSSR count). The maximum atomic E-state index is 13.0. The number of nitrogens with zero attached hydrogens (tertiary/aromatic N) is 1. The zero-order valence-electron chi connectivity index (χ0n) is 18.0. The molecule has 1 N–H and O–H groups in total. The van der Waals surface area contributed by atoms with Crippen molar-refractivity contribution < 1.29 is 33.6 Å². The number of hydrogen-bond donors (Lipinski definition) is 1. The number of rotatable bonds is 6. The Hall–Kier alpha value is -3.52. The summed E-state index contributed by atoms with van der Waals surface area (Å²) in [6.07, 6.45) is 1.65. The third-order valence-electron chi connectivity index (χ3n) is 5.66. The van der Waals surface area contributed by atoms with E-state index in [0.717, 1.165) is 5.56 Å². The summed E-state index contributed by atoms with van der Waals surface area (Å²) in [6.45, 7) is 2.47. The number of ether oxygens (including phenoxy) is 4. The number of hydrogen-bond acceptors (Lipinski definition) is 8. The Bertz CT molecular complexity index is 1040. The summed E-state index contributed by atoms with van der Waals surface area (Å²) in [5.74, 6) is -0.252. The zero-order valence-corrected chi connectivity index (χ0v) is 18.0. The number of carbonyl (C=O) groups is 2. The fourth-order valence-corrected chi connectivity index (χ4v) is 3.93. The van der Waals surface area contributed by atoms with Gasteiger partial charge in [-0.3, -0.25) is 9.59 Å². The Morgan fingerprint density at radius 3 is 2.53 bits per heavy atom. The van der Waals surface area contributed by atoms with Gasteiger partial charge in [0.1, 0.15) is 17.2 Å². The Kier molecular flexibility index (Phi) is 6.32. The van der Waals surface area contributed by atoms with Gasteiger partial charge in [0.15, 0.2) is 5.76 Å². The fraction of sp³-hybridized carbons (Fsp3) is 0.333. The lowest BCUT2D eigenvalue weighted by Gasteiger charge is -2.25. The van der Waals surface area contributed by atoms with Gasteiger partial charge in [-0.15, -0.1) is 0 Å². The molecule has 32 heavy (non-hydrogen) atoms. The predicted octanol–water partition coefficient (Wildman–Crippen LogP) is 2.84. The number of morpholine rings is 1. The quantitative estimate of drug-likeness (QED) is 0.543. The average molecular weight is 439 g/mol. The zero-order chi connectivity index (χ0) is 22.7. The van der Waals surface area contributed by atoms with Crippen molar-refractivity contribution in [2.45, 2.75) is 12.3 Å². The van der Waals surface area contributed by atoms with E-state index >= 15 is 0 Å². The SMILES string of the molecule is COC(=O)C[C@@H](c1ccc(OC)cc1)c1c(O)ccc2c1O/C(=C\N1CCOCC1)C2=O. The van der Waals surface area contributed by atoms with E-state index < -0.39 is 11.9 Å². The normalized spacial score (nSPS) is 17.6. The number of methoxy groups -OCH3 is 2. The first kappa shape index (κ1) is 21.7. The van der Waals surface area contributed by atoms with Crippen LogP contribution in [0.4, 0.5) is 0 Å². The summed E-state index contributed by atoms with van der Waals surface area (Å²) < 4.78 is 21.4. The maximum absolute atomic E-state index is 13.0. The molecule has 1 saturated heterocycles. The molecule has 8 nitrogen and oxygen atoms in total. The monoisotopic (exact) mass is 439 g/mol. The Balaban J connectivity index is 1.75. The van der Waals surface area contributed by atoms with Crippen LogP contribution in [0.15, 0.2) is 48.4 Å². The van der Waals surface area contributed by atoms with Gasteiger partial charge in [0, 0.05) is 30.8 Å². The molecule has 8 heteroatoms. The van der Waals surface area contributed by atoms with Gasteiger partial charge in [0.2, 0.25) is 5.78 Å². The molecule has 0 aromatic heterocycles. The molecular weight excluding hydrogens is 414 g/mol. The highest BCUT2D eigenvalue weighted by atomic mass is 16.5. The minimum Gasteiger partial charge on any atom is -0.508 e. The van der Waals surface area contributed by atoms with Crippen LogP contribution in [0.3, 0.4) is 0 Å². The van der Waals surface area contributed by atoms with Crippen LogP contribution in [0.1, 0.15) is 33.8 Å². The lowest BCUT2D eigenvalue weighted by molar-refractivity contribution is -0.140. The number of Topliss-reactive ketones (excluding diaryl/α,β-unsaturated/α-hetero) is 1. The van der Waals surface area contributed by atoms with Crippen molar-refractivity contribution in [1.82, 2.24) is 4.90 Å². The number of aromatic hydroxyl groups is 1. The maximum Gasteiger partial charge on any atom is 0.306 e. The topological polar surface area (TPSA) is 94.5 Å². The minimum absolute atomic E-state index is 0.0348. The molecule has 2 aliphatic heterocycles. The highest BCUT2D eigenvalue weighted by molar-refractivity contribution is 6.12. The first-order chi connectivity index (χ1) is 15.5. The van der Waals surface area contributed by atoms with Crippen LogP contribution in [0.5, 0.6) is 17.2 Å². The molecule has 2 aromatic carbocycles. The predicted molar refractivity (Wildman–Crippen MR) is 115 cm³/mol. The van der Waals surface area contributed by atoms with Crippen molar-refractivity contribution in [2.24, 2.45) is 0 Å². The average Bonchev–Trinajstić information content (AvgIpc) is 3.13. The smallest absolute Gasteiger partial charge is 0.306 e. The van der Waals surface area contributed by atoms with Crippen molar-refractivity contribution in [3.63, 3.8) is 0 Å². The van der Waals surface area contributed by atoms with Crippen LogP contribution in [0.2, 0.25) is 0 Å². The number of esters is 1. The summed E-state index contributed by atoms with van der Waals surface area (Å²) in [7, 11) is 2.88. The highest BCUT2D eigenvalue weighted by Gasteiger charge is 2.35. The van der Waals surface area contributed by atoms with E-state index in [4.69, 9.17) is 18.9 Å². The second kappa shape index (κ2) is 9.32. The van der Waals surface area contributed by atoms with E-state index in [-0.39, 0.29) is 29.5 Å². The number of phenols is 1. The third-order valence-corrected chi connectivity index (χ3v) is 5.66. The molecule has 0 spiro atoms. The number of benzene rings is 2. The van der Waals surface area contributed by atoms with Crippen molar-refractivity contribution in [2.75, 3.05) is 40.5 Å². The molecule has 1 atom stereocenters. The van der Waals surface area contributed by atoms with E-state index in [9.17, 15) is 14.7 Å². The first-order valence-corrected chi connectivity index (χ1v) is 10.3. The van der Waals surface area contributed by atoms with Gasteiger partial charge >= 0.3 is 5.97 Å². The van der Waals surface area contributed by atoms with Gasteiger partial charge in [-0.2, -0.15) is 0 Å². The molecule has 2 aliphatic rings. The number of allylic oxidation sites excluding steroid dienone is 1. The van der Waals surface area contributed by atoms with Crippen LogP contribution in [-0.4, -0.2) is 62.3 Å². The molecule has 1 fully saturated rings. The van der Waals surface area contributed by atoms with Crippen molar-refractivity contribution in [3.05, 3.63) is 65.0 Å². The summed E-state index contributed by atoms with van der Waals surface area (Å²) >= 11 is 0. The second-order valence-corrected chi connectivity index (χ2v) is 7.55. The number of phenolic OH excluding ortho intramolecular Hbond substituents is 1. The molecule has 2 heterocycles. The lowest BCUT2D eigenvalue weighted by Crippen LogP contribution is -2.32. The first-order valence-electron chi connectivity index (χ1n) is 10.3. The lowest BCUT2D eigenvalue weighted by atomic mass is 9.86.